The predicted molar refractivity (Wildman–Crippen MR) is 58.7 cm³/mol. The van der Waals surface area contributed by atoms with Gasteiger partial charge >= 0.3 is 11.7 Å². The maximum Gasteiger partial charge on any atom is 0.339 e. The first-order valence-electron chi connectivity index (χ1n) is 4.89. The lowest BCUT2D eigenvalue weighted by Crippen LogP contribution is -2.44. The van der Waals surface area contributed by atoms with Gasteiger partial charge in [-0.25, -0.2) is 9.59 Å². The smallest absolute Gasteiger partial charge is 0.339 e. The molecule has 1 aromatic heterocycles. The van der Waals surface area contributed by atoms with Crippen molar-refractivity contribution in [1.82, 2.24) is 9.55 Å². The first kappa shape index (κ1) is 13.2. The number of hydrogen-bond acceptors (Lipinski definition) is 5. The normalized spacial score (nSPS) is 14.1. The van der Waals surface area contributed by atoms with Gasteiger partial charge in [-0.05, 0) is 13.8 Å². The van der Waals surface area contributed by atoms with Gasteiger partial charge in [0.05, 0.1) is 13.7 Å². The lowest BCUT2D eigenvalue weighted by molar-refractivity contribution is -0.161. The van der Waals surface area contributed by atoms with E-state index in [0.717, 1.165) is 11.7 Å². The van der Waals surface area contributed by atoms with Crippen molar-refractivity contribution in [2.75, 3.05) is 7.11 Å². The third kappa shape index (κ3) is 2.82. The van der Waals surface area contributed by atoms with Crippen molar-refractivity contribution < 1.29 is 14.6 Å². The Balaban J connectivity index is 3.12. The Labute approximate surface area is 96.7 Å². The molecule has 0 aliphatic heterocycles. The van der Waals surface area contributed by atoms with Crippen LogP contribution in [0.4, 0.5) is 0 Å². The Morgan fingerprint density at radius 3 is 2.71 bits per heavy atom. The number of aromatic nitrogens is 2. The second-order valence-corrected chi connectivity index (χ2v) is 3.96. The first-order valence-corrected chi connectivity index (χ1v) is 4.89. The second kappa shape index (κ2) is 4.54. The van der Waals surface area contributed by atoms with Gasteiger partial charge < -0.3 is 9.84 Å². The zero-order valence-electron chi connectivity index (χ0n) is 9.81. The fraction of sp³-hybridized carbons (Fsp3) is 0.500. The molecule has 0 radical (unpaired) electrons. The molecule has 0 amide bonds. The van der Waals surface area contributed by atoms with Crippen LogP contribution in [0.3, 0.4) is 0 Å². The fourth-order valence-electron chi connectivity index (χ4n) is 1.35. The molecule has 1 rings (SSSR count). The largest absolute Gasteiger partial charge is 0.467 e. The Morgan fingerprint density at radius 1 is 1.59 bits per heavy atom. The molecule has 1 heterocycles. The number of aromatic amines is 1. The third-order valence-corrected chi connectivity index (χ3v) is 2.29. The van der Waals surface area contributed by atoms with Gasteiger partial charge in [0.1, 0.15) is 0 Å². The van der Waals surface area contributed by atoms with Gasteiger partial charge in [-0.15, -0.1) is 0 Å². The number of hydrogen-bond donors (Lipinski definition) is 2. The third-order valence-electron chi connectivity index (χ3n) is 2.29. The van der Waals surface area contributed by atoms with Crippen molar-refractivity contribution in [3.05, 3.63) is 32.6 Å². The standard InChI is InChI=1S/C10H14N2O5/c1-6-4-12(9(15)11-7(6)13)5-10(2,16)8(14)17-3/h4,16H,5H2,1-3H3,(H,11,13,15). The highest BCUT2D eigenvalue weighted by atomic mass is 16.5. The van der Waals surface area contributed by atoms with Crippen LogP contribution in [0.25, 0.3) is 0 Å². The SMILES string of the molecule is COC(=O)C(C)(O)Cn1cc(C)c(=O)[nH]c1=O. The minimum absolute atomic E-state index is 0.296. The number of nitrogens with zero attached hydrogens (tertiary/aromatic N) is 1. The molecule has 17 heavy (non-hydrogen) atoms. The summed E-state index contributed by atoms with van der Waals surface area (Å²) in [6, 6.07) is 0. The summed E-state index contributed by atoms with van der Waals surface area (Å²) in [6.45, 7) is 2.45. The van der Waals surface area contributed by atoms with E-state index >= 15 is 0 Å². The molecule has 0 aromatic carbocycles. The van der Waals surface area contributed by atoms with Crippen LogP contribution in [-0.2, 0) is 16.1 Å². The lowest BCUT2D eigenvalue weighted by Gasteiger charge is -2.20. The summed E-state index contributed by atoms with van der Waals surface area (Å²) >= 11 is 0. The predicted octanol–water partition coefficient (Wildman–Crippen LogP) is -1.23. The summed E-state index contributed by atoms with van der Waals surface area (Å²) in [5, 5.41) is 9.79. The molecule has 1 atom stereocenters. The van der Waals surface area contributed by atoms with Crippen LogP contribution in [0.1, 0.15) is 12.5 Å². The topological polar surface area (TPSA) is 101 Å². The van der Waals surface area contributed by atoms with Crippen LogP contribution in [0.5, 0.6) is 0 Å². The van der Waals surface area contributed by atoms with Crippen LogP contribution in [-0.4, -0.2) is 33.3 Å². The first-order chi connectivity index (χ1) is 7.77. The number of aryl methyl sites for hydroxylation is 1. The molecule has 0 saturated carbocycles. The number of ether oxygens (including phenoxy) is 1. The lowest BCUT2D eigenvalue weighted by atomic mass is 10.1. The Morgan fingerprint density at radius 2 is 2.18 bits per heavy atom. The number of rotatable bonds is 3. The molecule has 7 nitrogen and oxygen atoms in total. The van der Waals surface area contributed by atoms with Gasteiger partial charge in [-0.1, -0.05) is 0 Å². The number of carbonyl (C=O) groups is 1. The maximum atomic E-state index is 11.4. The molecule has 0 spiro atoms. The van der Waals surface area contributed by atoms with E-state index in [0.29, 0.717) is 5.56 Å². The number of aliphatic hydroxyl groups is 1. The average Bonchev–Trinajstić information content (AvgIpc) is 2.24. The van der Waals surface area contributed by atoms with Crippen molar-refractivity contribution in [3.8, 4) is 0 Å². The number of esters is 1. The van der Waals surface area contributed by atoms with E-state index < -0.39 is 22.8 Å². The van der Waals surface area contributed by atoms with Gasteiger partial charge in [0.25, 0.3) is 5.56 Å². The van der Waals surface area contributed by atoms with E-state index in [1.165, 1.54) is 20.0 Å². The Bertz CT molecular complexity index is 540. The van der Waals surface area contributed by atoms with Gasteiger partial charge in [-0.3, -0.25) is 14.3 Å². The molecular formula is C10H14N2O5. The van der Waals surface area contributed by atoms with Gasteiger partial charge in [0.2, 0.25) is 0 Å². The van der Waals surface area contributed by atoms with Crippen LogP contribution in [0.15, 0.2) is 15.8 Å². The molecule has 0 bridgehead atoms. The highest BCUT2D eigenvalue weighted by Gasteiger charge is 2.32. The molecule has 2 N–H and O–H groups in total. The van der Waals surface area contributed by atoms with E-state index in [4.69, 9.17) is 0 Å². The van der Waals surface area contributed by atoms with Crippen molar-refractivity contribution in [1.29, 1.82) is 0 Å². The van der Waals surface area contributed by atoms with Gasteiger partial charge in [-0.2, -0.15) is 0 Å². The van der Waals surface area contributed by atoms with E-state index in [1.54, 1.807) is 0 Å². The highest BCUT2D eigenvalue weighted by molar-refractivity contribution is 5.78. The molecule has 0 fully saturated rings. The Kier molecular flexibility index (Phi) is 3.52. The molecule has 1 aromatic rings. The Hall–Kier alpha value is -1.89. The summed E-state index contributed by atoms with van der Waals surface area (Å²) in [5.41, 5.74) is -2.71. The quantitative estimate of drug-likeness (QED) is 0.646. The van der Waals surface area contributed by atoms with E-state index in [2.05, 4.69) is 9.72 Å². The molecule has 0 saturated heterocycles. The summed E-state index contributed by atoms with van der Waals surface area (Å²) in [6.07, 6.45) is 1.28. The van der Waals surface area contributed by atoms with E-state index in [1.807, 2.05) is 0 Å². The molecule has 0 aliphatic carbocycles. The van der Waals surface area contributed by atoms with Crippen LogP contribution in [0.2, 0.25) is 0 Å². The number of methoxy groups -OCH3 is 1. The van der Waals surface area contributed by atoms with Crippen LogP contribution >= 0.6 is 0 Å². The van der Waals surface area contributed by atoms with E-state index in [9.17, 15) is 19.5 Å². The summed E-state index contributed by atoms with van der Waals surface area (Å²) in [4.78, 5) is 35.9. The van der Waals surface area contributed by atoms with Crippen molar-refractivity contribution in [2.45, 2.75) is 26.0 Å². The zero-order valence-corrected chi connectivity index (χ0v) is 9.81. The second-order valence-electron chi connectivity index (χ2n) is 3.96. The molecule has 94 valence electrons. The van der Waals surface area contributed by atoms with E-state index in [-0.39, 0.29) is 6.54 Å². The average molecular weight is 242 g/mol. The van der Waals surface area contributed by atoms with Gasteiger partial charge in [0, 0.05) is 11.8 Å². The molecule has 0 aliphatic rings. The maximum absolute atomic E-state index is 11.4. The van der Waals surface area contributed by atoms with Crippen LogP contribution < -0.4 is 11.2 Å². The summed E-state index contributed by atoms with van der Waals surface area (Å²) in [5.74, 6) is -0.853. The molecule has 1 unspecified atom stereocenters. The van der Waals surface area contributed by atoms with Crippen molar-refractivity contribution in [2.24, 2.45) is 0 Å². The van der Waals surface area contributed by atoms with Gasteiger partial charge in [0.15, 0.2) is 5.60 Å². The zero-order chi connectivity index (χ0) is 13.2. The minimum Gasteiger partial charge on any atom is -0.467 e. The number of H-pyrrole nitrogens is 1. The highest BCUT2D eigenvalue weighted by Crippen LogP contribution is 2.07. The number of nitrogens with one attached hydrogen (secondary N) is 1. The number of carbonyl (C=O) groups excluding carboxylic acids is 1. The fourth-order valence-corrected chi connectivity index (χ4v) is 1.35. The molecular weight excluding hydrogens is 228 g/mol. The van der Waals surface area contributed by atoms with Crippen molar-refractivity contribution in [3.63, 3.8) is 0 Å². The van der Waals surface area contributed by atoms with Crippen LogP contribution in [0, 0.1) is 6.92 Å². The molecule has 7 heteroatoms. The van der Waals surface area contributed by atoms with Crippen molar-refractivity contribution >= 4 is 5.97 Å². The minimum atomic E-state index is -1.83. The summed E-state index contributed by atoms with van der Waals surface area (Å²) < 4.78 is 5.45. The monoisotopic (exact) mass is 242 g/mol. The summed E-state index contributed by atoms with van der Waals surface area (Å²) in [7, 11) is 1.14.